The summed E-state index contributed by atoms with van der Waals surface area (Å²) in [6.45, 7) is 0. The monoisotopic (exact) mass is 738 g/mol. The number of hydrogen-bond donors (Lipinski definition) is 0. The summed E-state index contributed by atoms with van der Waals surface area (Å²) in [6, 6.07) is 56.1. The normalized spacial score (nSPS) is 11.9. The minimum Gasteiger partial charge on any atom is -0.456 e. The highest BCUT2D eigenvalue weighted by molar-refractivity contribution is 6.12. The quantitative estimate of drug-likeness (QED) is 0.158. The van der Waals surface area contributed by atoms with Crippen molar-refractivity contribution in [2.45, 2.75) is 6.18 Å². The Labute approximate surface area is 318 Å². The Bertz CT molecular complexity index is 3070. The number of hydrogen-bond acceptors (Lipinski definition) is 2. The first-order valence-electron chi connectivity index (χ1n) is 18.2. The Morgan fingerprint density at radius 2 is 1.02 bits per heavy atom. The standard InChI is InChI=1S/C49H30F4N2O/c50-34-22-29-41-40-9-2-5-13-44(40)55(45(41)30-34)43-12-4-1-8-38(43)31-16-23-35(24-17-31)54(37-27-20-33(21-28-37)49(51,52)53)36-25-18-32(19-26-36)39-11-7-15-47-48(39)42-10-3-6-14-46(42)56-47/h1-30H. The van der Waals surface area contributed by atoms with Gasteiger partial charge in [-0.05, 0) is 108 Å². The lowest BCUT2D eigenvalue weighted by atomic mass is 9.99. The van der Waals surface area contributed by atoms with Gasteiger partial charge in [-0.15, -0.1) is 0 Å². The van der Waals surface area contributed by atoms with E-state index in [-0.39, 0.29) is 5.82 Å². The predicted molar refractivity (Wildman–Crippen MR) is 219 cm³/mol. The molecular formula is C49H30F4N2O. The lowest BCUT2D eigenvalue weighted by molar-refractivity contribution is -0.137. The van der Waals surface area contributed by atoms with Crippen LogP contribution in [0.2, 0.25) is 0 Å². The van der Waals surface area contributed by atoms with Crippen molar-refractivity contribution in [3.05, 3.63) is 193 Å². The zero-order valence-corrected chi connectivity index (χ0v) is 29.6. The van der Waals surface area contributed by atoms with Gasteiger partial charge >= 0.3 is 6.18 Å². The molecule has 0 aliphatic rings. The summed E-state index contributed by atoms with van der Waals surface area (Å²) in [5, 5.41) is 4.04. The third-order valence-corrected chi connectivity index (χ3v) is 10.5. The number of alkyl halides is 3. The summed E-state index contributed by atoms with van der Waals surface area (Å²) >= 11 is 0. The average molecular weight is 739 g/mol. The molecule has 0 radical (unpaired) electrons. The fourth-order valence-corrected chi connectivity index (χ4v) is 7.96. The molecule has 0 saturated carbocycles. The Morgan fingerprint density at radius 3 is 1.73 bits per heavy atom. The van der Waals surface area contributed by atoms with E-state index in [4.69, 9.17) is 4.42 Å². The largest absolute Gasteiger partial charge is 0.456 e. The maximum atomic E-state index is 14.7. The van der Waals surface area contributed by atoms with Crippen molar-refractivity contribution >= 4 is 60.8 Å². The van der Waals surface area contributed by atoms with Gasteiger partial charge in [0.2, 0.25) is 0 Å². The molecule has 7 heteroatoms. The molecule has 0 amide bonds. The topological polar surface area (TPSA) is 21.3 Å². The molecule has 0 atom stereocenters. The molecule has 10 aromatic rings. The fourth-order valence-electron chi connectivity index (χ4n) is 7.96. The van der Waals surface area contributed by atoms with Gasteiger partial charge in [0.15, 0.2) is 0 Å². The van der Waals surface area contributed by atoms with E-state index in [2.05, 4.69) is 16.7 Å². The van der Waals surface area contributed by atoms with Crippen molar-refractivity contribution in [2.75, 3.05) is 4.90 Å². The Morgan fingerprint density at radius 1 is 0.464 bits per heavy atom. The van der Waals surface area contributed by atoms with Crippen LogP contribution in [-0.2, 0) is 6.18 Å². The number of furan rings is 1. The smallest absolute Gasteiger partial charge is 0.416 e. The van der Waals surface area contributed by atoms with Crippen LogP contribution >= 0.6 is 0 Å². The second kappa shape index (κ2) is 13.0. The summed E-state index contributed by atoms with van der Waals surface area (Å²) in [5.74, 6) is -0.313. The average Bonchev–Trinajstić information content (AvgIpc) is 3.77. The molecule has 10 rings (SSSR count). The minimum absolute atomic E-state index is 0.313. The summed E-state index contributed by atoms with van der Waals surface area (Å²) < 4.78 is 63.9. The Balaban J connectivity index is 1.07. The molecule has 8 aromatic carbocycles. The molecule has 0 aliphatic heterocycles. The molecule has 2 aromatic heterocycles. The number of rotatable bonds is 6. The van der Waals surface area contributed by atoms with Crippen LogP contribution in [0.25, 0.3) is 71.7 Å². The van der Waals surface area contributed by atoms with Crippen LogP contribution in [0.4, 0.5) is 34.6 Å². The first-order chi connectivity index (χ1) is 27.3. The highest BCUT2D eigenvalue weighted by Gasteiger charge is 2.30. The summed E-state index contributed by atoms with van der Waals surface area (Å²) in [7, 11) is 0. The lowest BCUT2D eigenvalue weighted by Crippen LogP contribution is -2.11. The van der Waals surface area contributed by atoms with Crippen molar-refractivity contribution in [1.29, 1.82) is 0 Å². The molecular weight excluding hydrogens is 709 g/mol. The number of aromatic nitrogens is 1. The van der Waals surface area contributed by atoms with Crippen molar-refractivity contribution < 1.29 is 22.0 Å². The van der Waals surface area contributed by atoms with Gasteiger partial charge in [0.25, 0.3) is 0 Å². The zero-order chi connectivity index (χ0) is 38.0. The molecule has 3 nitrogen and oxygen atoms in total. The van der Waals surface area contributed by atoms with E-state index in [0.717, 1.165) is 95.2 Å². The predicted octanol–water partition coefficient (Wildman–Crippen LogP) is 14.6. The molecule has 0 aliphatic carbocycles. The van der Waals surface area contributed by atoms with Crippen LogP contribution in [-0.4, -0.2) is 4.57 Å². The number of fused-ring (bicyclic) bond motifs is 6. The van der Waals surface area contributed by atoms with Gasteiger partial charge in [0, 0.05) is 44.2 Å². The molecule has 0 N–H and O–H groups in total. The Hall–Kier alpha value is -7.12. The van der Waals surface area contributed by atoms with E-state index >= 15 is 0 Å². The Kier molecular flexibility index (Phi) is 7.78. The van der Waals surface area contributed by atoms with Crippen LogP contribution in [0.1, 0.15) is 5.56 Å². The van der Waals surface area contributed by atoms with Crippen LogP contribution in [0.15, 0.2) is 186 Å². The molecule has 0 fully saturated rings. The SMILES string of the molecule is Fc1ccc2c3ccccc3n(-c3ccccc3-c3ccc(N(c4ccc(-c5cccc6oc7ccccc7c56)cc4)c4ccc(C(F)(F)F)cc4)cc3)c2c1. The van der Waals surface area contributed by atoms with E-state index in [0.29, 0.717) is 5.69 Å². The van der Waals surface area contributed by atoms with Crippen molar-refractivity contribution in [2.24, 2.45) is 0 Å². The third kappa shape index (κ3) is 5.59. The number of anilines is 3. The van der Waals surface area contributed by atoms with Gasteiger partial charge in [-0.1, -0.05) is 91.0 Å². The van der Waals surface area contributed by atoms with Gasteiger partial charge in [0.1, 0.15) is 17.0 Å². The van der Waals surface area contributed by atoms with E-state index in [1.54, 1.807) is 6.07 Å². The van der Waals surface area contributed by atoms with E-state index in [1.165, 1.54) is 18.2 Å². The minimum atomic E-state index is -4.46. The van der Waals surface area contributed by atoms with E-state index in [1.807, 2.05) is 138 Å². The van der Waals surface area contributed by atoms with Crippen LogP contribution in [0.5, 0.6) is 0 Å². The van der Waals surface area contributed by atoms with Crippen molar-refractivity contribution in [3.8, 4) is 27.9 Å². The van der Waals surface area contributed by atoms with Gasteiger partial charge in [-0.25, -0.2) is 4.39 Å². The highest BCUT2D eigenvalue weighted by Crippen LogP contribution is 2.42. The molecule has 0 bridgehead atoms. The number of para-hydroxylation sites is 3. The van der Waals surface area contributed by atoms with E-state index < -0.39 is 11.7 Å². The molecule has 0 spiro atoms. The van der Waals surface area contributed by atoms with Crippen LogP contribution in [0.3, 0.4) is 0 Å². The zero-order valence-electron chi connectivity index (χ0n) is 29.6. The van der Waals surface area contributed by atoms with Gasteiger partial charge in [-0.3, -0.25) is 0 Å². The lowest BCUT2D eigenvalue weighted by Gasteiger charge is -2.26. The van der Waals surface area contributed by atoms with Crippen LogP contribution < -0.4 is 4.90 Å². The van der Waals surface area contributed by atoms with Gasteiger partial charge < -0.3 is 13.9 Å². The van der Waals surface area contributed by atoms with Crippen molar-refractivity contribution in [3.63, 3.8) is 0 Å². The third-order valence-electron chi connectivity index (χ3n) is 10.5. The van der Waals surface area contributed by atoms with Crippen molar-refractivity contribution in [1.82, 2.24) is 4.57 Å². The number of benzene rings is 8. The first kappa shape index (κ1) is 33.4. The van der Waals surface area contributed by atoms with Crippen LogP contribution in [0, 0.1) is 5.82 Å². The van der Waals surface area contributed by atoms with Gasteiger partial charge in [0.05, 0.1) is 22.3 Å². The maximum absolute atomic E-state index is 14.7. The molecule has 270 valence electrons. The molecule has 2 heterocycles. The second-order valence-electron chi connectivity index (χ2n) is 13.8. The molecule has 0 unspecified atom stereocenters. The summed E-state index contributed by atoms with van der Waals surface area (Å²) in [5.41, 5.74) is 9.52. The summed E-state index contributed by atoms with van der Waals surface area (Å²) in [4.78, 5) is 1.95. The molecule has 0 saturated heterocycles. The fraction of sp³-hybridized carbons (Fsp3) is 0.0204. The maximum Gasteiger partial charge on any atom is 0.416 e. The number of halogens is 4. The highest BCUT2D eigenvalue weighted by atomic mass is 19.4. The summed E-state index contributed by atoms with van der Waals surface area (Å²) in [6.07, 6.45) is -4.46. The second-order valence-corrected chi connectivity index (χ2v) is 13.8. The number of nitrogens with zero attached hydrogens (tertiary/aromatic N) is 2. The van der Waals surface area contributed by atoms with E-state index in [9.17, 15) is 17.6 Å². The van der Waals surface area contributed by atoms with Gasteiger partial charge in [-0.2, -0.15) is 13.2 Å². The molecule has 56 heavy (non-hydrogen) atoms. The first-order valence-corrected chi connectivity index (χ1v) is 18.2.